The lowest BCUT2D eigenvalue weighted by atomic mass is 10.1. The molecule has 0 saturated heterocycles. The Balaban J connectivity index is 1.46. The molecule has 1 saturated carbocycles. The minimum absolute atomic E-state index is 0.0842. The van der Waals surface area contributed by atoms with Gasteiger partial charge in [-0.05, 0) is 43.0 Å². The van der Waals surface area contributed by atoms with Crippen LogP contribution in [0.15, 0.2) is 42.5 Å². The average Bonchev–Trinajstić information content (AvgIpc) is 3.49. The van der Waals surface area contributed by atoms with Crippen LogP contribution in [0.4, 0.5) is 17.6 Å². The van der Waals surface area contributed by atoms with Crippen molar-refractivity contribution in [2.24, 2.45) is 0 Å². The predicted octanol–water partition coefficient (Wildman–Crippen LogP) is 3.89. The zero-order valence-corrected chi connectivity index (χ0v) is 15.7. The maximum atomic E-state index is 13.9. The molecule has 1 aliphatic rings. The molecule has 0 bridgehead atoms. The van der Waals surface area contributed by atoms with Crippen LogP contribution >= 0.6 is 0 Å². The molecule has 0 unspecified atom stereocenters. The van der Waals surface area contributed by atoms with Crippen LogP contribution in [0, 0.1) is 11.6 Å². The summed E-state index contributed by atoms with van der Waals surface area (Å²) in [6, 6.07) is 9.92. The van der Waals surface area contributed by atoms with Crippen molar-refractivity contribution >= 4 is 5.91 Å². The number of benzene rings is 2. The van der Waals surface area contributed by atoms with E-state index in [-0.39, 0.29) is 30.8 Å². The van der Waals surface area contributed by atoms with Gasteiger partial charge in [-0.1, -0.05) is 18.2 Å². The van der Waals surface area contributed by atoms with E-state index < -0.39 is 18.2 Å². The summed E-state index contributed by atoms with van der Waals surface area (Å²) in [5.41, 5.74) is 1.23. The monoisotopic (exact) mass is 410 g/mol. The van der Waals surface area contributed by atoms with Gasteiger partial charge in [-0.15, -0.1) is 0 Å². The number of amides is 1. The smallest absolute Gasteiger partial charge is 0.387 e. The highest BCUT2D eigenvalue weighted by Gasteiger charge is 2.30. The van der Waals surface area contributed by atoms with E-state index in [0.29, 0.717) is 18.5 Å². The number of nitrogens with zero attached hydrogens (tertiary/aromatic N) is 1. The summed E-state index contributed by atoms with van der Waals surface area (Å²) >= 11 is 0. The van der Waals surface area contributed by atoms with Gasteiger partial charge in [-0.3, -0.25) is 9.69 Å². The van der Waals surface area contributed by atoms with Crippen molar-refractivity contribution in [1.29, 1.82) is 0 Å². The van der Waals surface area contributed by atoms with Gasteiger partial charge in [0, 0.05) is 30.8 Å². The van der Waals surface area contributed by atoms with Crippen LogP contribution in [-0.4, -0.2) is 36.5 Å². The van der Waals surface area contributed by atoms with E-state index in [2.05, 4.69) is 10.1 Å². The Morgan fingerprint density at radius 3 is 2.48 bits per heavy atom. The Kier molecular flexibility index (Phi) is 7.09. The zero-order chi connectivity index (χ0) is 20.8. The first-order valence-electron chi connectivity index (χ1n) is 9.39. The first-order chi connectivity index (χ1) is 13.9. The third kappa shape index (κ3) is 6.74. The van der Waals surface area contributed by atoms with Gasteiger partial charge in [-0.2, -0.15) is 8.78 Å². The molecular weight excluding hydrogens is 388 g/mol. The molecule has 2 aromatic carbocycles. The van der Waals surface area contributed by atoms with Crippen molar-refractivity contribution in [3.8, 4) is 5.75 Å². The third-order valence-electron chi connectivity index (χ3n) is 4.68. The standard InChI is InChI=1S/C21H22F4N2O2/c22-16-4-3-15(19(23)11-16)12-27(17-5-6-17)13-20(28)26-10-9-14-1-7-18(8-2-14)29-21(24)25/h1-4,7-8,11,17,21H,5-6,9-10,12-13H2,(H,26,28). The van der Waals surface area contributed by atoms with Crippen LogP contribution < -0.4 is 10.1 Å². The van der Waals surface area contributed by atoms with Crippen LogP contribution in [0.5, 0.6) is 5.75 Å². The van der Waals surface area contributed by atoms with Crippen molar-refractivity contribution in [1.82, 2.24) is 10.2 Å². The number of halogens is 4. The molecule has 0 radical (unpaired) electrons. The summed E-state index contributed by atoms with van der Waals surface area (Å²) in [5, 5.41) is 2.82. The second-order valence-corrected chi connectivity index (χ2v) is 6.99. The van der Waals surface area contributed by atoms with Crippen LogP contribution in [-0.2, 0) is 17.8 Å². The van der Waals surface area contributed by atoms with Gasteiger partial charge in [0.2, 0.25) is 5.91 Å². The third-order valence-corrected chi connectivity index (χ3v) is 4.68. The minimum Gasteiger partial charge on any atom is -0.435 e. The molecule has 4 nitrogen and oxygen atoms in total. The lowest BCUT2D eigenvalue weighted by molar-refractivity contribution is -0.122. The first-order valence-corrected chi connectivity index (χ1v) is 9.39. The lowest BCUT2D eigenvalue weighted by Gasteiger charge is -2.21. The van der Waals surface area contributed by atoms with Gasteiger partial charge in [-0.25, -0.2) is 8.78 Å². The van der Waals surface area contributed by atoms with Crippen molar-refractivity contribution in [2.75, 3.05) is 13.1 Å². The van der Waals surface area contributed by atoms with Crippen molar-refractivity contribution in [3.05, 3.63) is 65.2 Å². The minimum atomic E-state index is -2.86. The van der Waals surface area contributed by atoms with Gasteiger partial charge in [0.05, 0.1) is 6.54 Å². The number of hydrogen-bond donors (Lipinski definition) is 1. The molecule has 0 heterocycles. The molecule has 8 heteroatoms. The van der Waals surface area contributed by atoms with E-state index in [1.807, 2.05) is 4.90 Å². The van der Waals surface area contributed by atoms with Crippen LogP contribution in [0.2, 0.25) is 0 Å². The highest BCUT2D eigenvalue weighted by molar-refractivity contribution is 5.78. The highest BCUT2D eigenvalue weighted by Crippen LogP contribution is 2.28. The van der Waals surface area contributed by atoms with E-state index in [0.717, 1.165) is 24.5 Å². The number of alkyl halides is 2. The number of carbonyl (C=O) groups excluding carboxylic acids is 1. The quantitative estimate of drug-likeness (QED) is 0.605. The van der Waals surface area contributed by atoms with Crippen LogP contribution in [0.1, 0.15) is 24.0 Å². The Labute approximate surface area is 166 Å². The summed E-state index contributed by atoms with van der Waals surface area (Å²) in [4.78, 5) is 14.2. The largest absolute Gasteiger partial charge is 0.435 e. The lowest BCUT2D eigenvalue weighted by Crippen LogP contribution is -2.39. The fraction of sp³-hybridized carbons (Fsp3) is 0.381. The fourth-order valence-corrected chi connectivity index (χ4v) is 3.05. The second-order valence-electron chi connectivity index (χ2n) is 6.99. The molecule has 1 fully saturated rings. The SMILES string of the molecule is O=C(CN(Cc1ccc(F)cc1F)C1CC1)NCCc1ccc(OC(F)F)cc1. The molecule has 1 aliphatic carbocycles. The molecule has 1 amide bonds. The van der Waals surface area contributed by atoms with E-state index >= 15 is 0 Å². The number of ether oxygens (including phenoxy) is 1. The number of nitrogens with one attached hydrogen (secondary N) is 1. The molecule has 156 valence electrons. The fourth-order valence-electron chi connectivity index (χ4n) is 3.05. The van der Waals surface area contributed by atoms with Gasteiger partial charge in [0.25, 0.3) is 0 Å². The molecule has 0 aliphatic heterocycles. The molecule has 29 heavy (non-hydrogen) atoms. The van der Waals surface area contributed by atoms with E-state index in [4.69, 9.17) is 0 Å². The topological polar surface area (TPSA) is 41.6 Å². The Bertz CT molecular complexity index is 826. The average molecular weight is 410 g/mol. The van der Waals surface area contributed by atoms with Crippen LogP contribution in [0.25, 0.3) is 0 Å². The van der Waals surface area contributed by atoms with Crippen LogP contribution in [0.3, 0.4) is 0 Å². The van der Waals surface area contributed by atoms with E-state index in [1.165, 1.54) is 24.3 Å². The Morgan fingerprint density at radius 2 is 1.86 bits per heavy atom. The molecule has 0 aromatic heterocycles. The van der Waals surface area contributed by atoms with E-state index in [9.17, 15) is 22.4 Å². The summed E-state index contributed by atoms with van der Waals surface area (Å²) < 4.78 is 55.5. The van der Waals surface area contributed by atoms with E-state index in [1.54, 1.807) is 12.1 Å². The Hall–Kier alpha value is -2.61. The maximum absolute atomic E-state index is 13.9. The Morgan fingerprint density at radius 1 is 1.14 bits per heavy atom. The van der Waals surface area contributed by atoms with Crippen molar-refractivity contribution < 1.29 is 27.1 Å². The molecule has 1 N–H and O–H groups in total. The van der Waals surface area contributed by atoms with Crippen molar-refractivity contribution in [3.63, 3.8) is 0 Å². The predicted molar refractivity (Wildman–Crippen MR) is 99.6 cm³/mol. The second kappa shape index (κ2) is 9.73. The maximum Gasteiger partial charge on any atom is 0.387 e. The van der Waals surface area contributed by atoms with Crippen molar-refractivity contribution in [2.45, 2.75) is 38.5 Å². The summed E-state index contributed by atoms with van der Waals surface area (Å²) in [7, 11) is 0. The number of hydrogen-bond acceptors (Lipinski definition) is 3. The summed E-state index contributed by atoms with van der Waals surface area (Å²) in [6.07, 6.45) is 2.43. The van der Waals surface area contributed by atoms with Gasteiger partial charge >= 0.3 is 6.61 Å². The summed E-state index contributed by atoms with van der Waals surface area (Å²) in [5.74, 6) is -1.34. The molecule has 3 rings (SSSR count). The summed E-state index contributed by atoms with van der Waals surface area (Å²) in [6.45, 7) is -2.10. The highest BCUT2D eigenvalue weighted by atomic mass is 19.3. The van der Waals surface area contributed by atoms with Gasteiger partial charge in [0.1, 0.15) is 17.4 Å². The number of rotatable bonds is 10. The molecular formula is C21H22F4N2O2. The normalized spacial score (nSPS) is 13.7. The zero-order valence-electron chi connectivity index (χ0n) is 15.7. The molecule has 0 atom stereocenters. The number of carbonyl (C=O) groups is 1. The van der Waals surface area contributed by atoms with Gasteiger partial charge in [0.15, 0.2) is 0 Å². The molecule has 0 spiro atoms. The van der Waals surface area contributed by atoms with Gasteiger partial charge < -0.3 is 10.1 Å². The molecule has 2 aromatic rings. The first kappa shape index (κ1) is 21.1.